The molecule has 2 heterocycles. The van der Waals surface area contributed by atoms with Gasteiger partial charge in [0.1, 0.15) is 0 Å². The zero-order valence-corrected chi connectivity index (χ0v) is 10.6. The first-order valence-corrected chi connectivity index (χ1v) is 6.92. The molecule has 1 N–H and O–H groups in total. The van der Waals surface area contributed by atoms with Crippen molar-refractivity contribution in [1.82, 2.24) is 10.2 Å². The minimum Gasteiger partial charge on any atom is -0.381 e. The summed E-state index contributed by atoms with van der Waals surface area (Å²) in [6, 6.07) is 0. The Morgan fingerprint density at radius 3 is 2.65 bits per heavy atom. The van der Waals surface area contributed by atoms with Gasteiger partial charge in [-0.05, 0) is 38.1 Å². The number of carbonyl (C=O) groups is 1. The number of ether oxygens (including phenoxy) is 1. The molecule has 1 amide bonds. The highest BCUT2D eigenvalue weighted by atomic mass is 16.5. The van der Waals surface area contributed by atoms with Gasteiger partial charge in [-0.2, -0.15) is 0 Å². The zero-order chi connectivity index (χ0) is 11.9. The Morgan fingerprint density at radius 2 is 1.94 bits per heavy atom. The van der Waals surface area contributed by atoms with E-state index >= 15 is 0 Å². The van der Waals surface area contributed by atoms with Gasteiger partial charge in [-0.1, -0.05) is 0 Å². The minimum atomic E-state index is 0.321. The lowest BCUT2D eigenvalue weighted by Crippen LogP contribution is -2.33. The molecule has 2 aliphatic heterocycles. The third-order valence-electron chi connectivity index (χ3n) is 3.75. The summed E-state index contributed by atoms with van der Waals surface area (Å²) in [6.45, 7) is 5.61. The Morgan fingerprint density at radius 1 is 1.24 bits per heavy atom. The predicted octanol–water partition coefficient (Wildman–Crippen LogP) is 1.02. The van der Waals surface area contributed by atoms with Crippen LogP contribution in [0, 0.1) is 5.92 Å². The molecule has 2 aliphatic rings. The van der Waals surface area contributed by atoms with Gasteiger partial charge in [-0.15, -0.1) is 0 Å². The van der Waals surface area contributed by atoms with Crippen LogP contribution in [0.5, 0.6) is 0 Å². The highest BCUT2D eigenvalue weighted by Crippen LogP contribution is 2.13. The van der Waals surface area contributed by atoms with Crippen LogP contribution in [0.2, 0.25) is 0 Å². The molecule has 0 bridgehead atoms. The summed E-state index contributed by atoms with van der Waals surface area (Å²) in [5, 5.41) is 3.41. The fraction of sp³-hybridized carbons (Fsp3) is 0.923. The summed E-state index contributed by atoms with van der Waals surface area (Å²) in [5.41, 5.74) is 0. The van der Waals surface area contributed by atoms with Crippen molar-refractivity contribution in [2.75, 3.05) is 39.4 Å². The number of amides is 1. The van der Waals surface area contributed by atoms with E-state index < -0.39 is 0 Å². The summed E-state index contributed by atoms with van der Waals surface area (Å²) in [4.78, 5) is 13.8. The summed E-state index contributed by atoms with van der Waals surface area (Å²) in [6.07, 6.45) is 5.34. The van der Waals surface area contributed by atoms with Gasteiger partial charge < -0.3 is 15.0 Å². The van der Waals surface area contributed by atoms with Gasteiger partial charge in [-0.3, -0.25) is 4.79 Å². The molecule has 0 aromatic carbocycles. The van der Waals surface area contributed by atoms with Crippen LogP contribution in [0.1, 0.15) is 32.1 Å². The lowest BCUT2D eigenvalue weighted by Gasteiger charge is -2.22. The molecule has 98 valence electrons. The van der Waals surface area contributed by atoms with Crippen molar-refractivity contribution in [2.45, 2.75) is 32.1 Å². The van der Waals surface area contributed by atoms with Crippen LogP contribution in [-0.2, 0) is 9.53 Å². The van der Waals surface area contributed by atoms with Crippen LogP contribution in [0.25, 0.3) is 0 Å². The second-order valence-electron chi connectivity index (χ2n) is 5.10. The first kappa shape index (κ1) is 12.8. The molecule has 4 heteroatoms. The average Bonchev–Trinajstić information content (AvgIpc) is 2.89. The molecule has 0 spiro atoms. The fourth-order valence-electron chi connectivity index (χ4n) is 2.58. The van der Waals surface area contributed by atoms with Crippen molar-refractivity contribution in [3.05, 3.63) is 0 Å². The van der Waals surface area contributed by atoms with E-state index in [2.05, 4.69) is 5.32 Å². The Bertz CT molecular complexity index is 234. The number of hydrogen-bond acceptors (Lipinski definition) is 3. The Balaban J connectivity index is 1.51. The van der Waals surface area contributed by atoms with Crippen LogP contribution < -0.4 is 5.32 Å². The molecule has 0 unspecified atom stereocenters. The second kappa shape index (κ2) is 6.97. The average molecular weight is 240 g/mol. The topological polar surface area (TPSA) is 41.6 Å². The number of hydrogen-bond donors (Lipinski definition) is 1. The zero-order valence-electron chi connectivity index (χ0n) is 10.6. The summed E-state index contributed by atoms with van der Waals surface area (Å²) in [7, 11) is 0. The molecule has 2 saturated heterocycles. The van der Waals surface area contributed by atoms with Crippen molar-refractivity contribution < 1.29 is 9.53 Å². The van der Waals surface area contributed by atoms with Crippen LogP contribution in [0.4, 0.5) is 0 Å². The van der Waals surface area contributed by atoms with E-state index in [9.17, 15) is 4.79 Å². The Hall–Kier alpha value is -0.610. The molecule has 0 saturated carbocycles. The van der Waals surface area contributed by atoms with Gasteiger partial charge in [0.15, 0.2) is 0 Å². The maximum Gasteiger partial charge on any atom is 0.223 e. The summed E-state index contributed by atoms with van der Waals surface area (Å²) < 4.78 is 5.32. The maximum atomic E-state index is 11.8. The number of nitrogens with one attached hydrogen (secondary N) is 1. The maximum absolute atomic E-state index is 11.8. The molecule has 2 rings (SSSR count). The van der Waals surface area contributed by atoms with Gasteiger partial charge in [0.2, 0.25) is 5.91 Å². The molecule has 0 atom stereocenters. The number of rotatable bonds is 5. The van der Waals surface area contributed by atoms with Crippen molar-refractivity contribution in [3.8, 4) is 0 Å². The van der Waals surface area contributed by atoms with E-state index in [4.69, 9.17) is 4.74 Å². The van der Waals surface area contributed by atoms with Gasteiger partial charge in [-0.25, -0.2) is 0 Å². The molecular formula is C13H24N2O2. The first-order valence-electron chi connectivity index (χ1n) is 6.92. The fourth-order valence-corrected chi connectivity index (χ4v) is 2.58. The first-order chi connectivity index (χ1) is 8.36. The molecule has 4 nitrogen and oxygen atoms in total. The highest BCUT2D eigenvalue weighted by molar-refractivity contribution is 5.76. The lowest BCUT2D eigenvalue weighted by molar-refractivity contribution is -0.130. The van der Waals surface area contributed by atoms with Gasteiger partial charge >= 0.3 is 0 Å². The second-order valence-corrected chi connectivity index (χ2v) is 5.10. The van der Waals surface area contributed by atoms with Crippen LogP contribution in [0.15, 0.2) is 0 Å². The van der Waals surface area contributed by atoms with E-state index in [1.807, 2.05) is 4.90 Å². The standard InChI is InChI=1S/C13H24N2O2/c16-13(15-7-1-2-8-15)3-6-14-11-12-4-9-17-10-5-12/h12,14H,1-11H2. The monoisotopic (exact) mass is 240 g/mol. The molecule has 17 heavy (non-hydrogen) atoms. The number of likely N-dealkylation sites (tertiary alicyclic amines) is 1. The van der Waals surface area contributed by atoms with Gasteiger partial charge in [0.25, 0.3) is 0 Å². The summed E-state index contributed by atoms with van der Waals surface area (Å²) in [5.74, 6) is 1.06. The quantitative estimate of drug-likeness (QED) is 0.729. The van der Waals surface area contributed by atoms with Crippen molar-refractivity contribution >= 4 is 5.91 Å². The SMILES string of the molecule is O=C(CCNCC1CCOCC1)N1CCCC1. The van der Waals surface area contributed by atoms with Crippen molar-refractivity contribution in [3.63, 3.8) is 0 Å². The molecule has 2 fully saturated rings. The normalized spacial score (nSPS) is 22.0. The van der Waals surface area contributed by atoms with Crippen LogP contribution in [0.3, 0.4) is 0 Å². The smallest absolute Gasteiger partial charge is 0.223 e. The van der Waals surface area contributed by atoms with Gasteiger partial charge in [0.05, 0.1) is 0 Å². The van der Waals surface area contributed by atoms with E-state index in [1.165, 1.54) is 12.8 Å². The lowest BCUT2D eigenvalue weighted by atomic mass is 10.0. The van der Waals surface area contributed by atoms with E-state index in [1.54, 1.807) is 0 Å². The third-order valence-corrected chi connectivity index (χ3v) is 3.75. The molecule has 0 aromatic rings. The molecule has 0 aromatic heterocycles. The summed E-state index contributed by atoms with van der Waals surface area (Å²) >= 11 is 0. The minimum absolute atomic E-state index is 0.321. The molecule has 0 aliphatic carbocycles. The Kier molecular flexibility index (Phi) is 5.26. The van der Waals surface area contributed by atoms with E-state index in [-0.39, 0.29) is 0 Å². The van der Waals surface area contributed by atoms with Crippen LogP contribution in [-0.4, -0.2) is 50.2 Å². The molecule has 0 radical (unpaired) electrons. The number of nitrogens with zero attached hydrogens (tertiary/aromatic N) is 1. The molecular weight excluding hydrogens is 216 g/mol. The van der Waals surface area contributed by atoms with Gasteiger partial charge in [0, 0.05) is 39.3 Å². The van der Waals surface area contributed by atoms with Crippen molar-refractivity contribution in [2.24, 2.45) is 5.92 Å². The Labute approximate surface area is 104 Å². The van der Waals surface area contributed by atoms with Crippen molar-refractivity contribution in [1.29, 1.82) is 0 Å². The highest BCUT2D eigenvalue weighted by Gasteiger charge is 2.17. The number of carbonyl (C=O) groups excluding carboxylic acids is 1. The predicted molar refractivity (Wildman–Crippen MR) is 66.8 cm³/mol. The largest absolute Gasteiger partial charge is 0.381 e. The van der Waals surface area contributed by atoms with E-state index in [0.29, 0.717) is 12.3 Å². The van der Waals surface area contributed by atoms with E-state index in [0.717, 1.165) is 58.2 Å². The van der Waals surface area contributed by atoms with Crippen LogP contribution >= 0.6 is 0 Å². The third kappa shape index (κ3) is 4.28.